The zero-order valence-electron chi connectivity index (χ0n) is 14.7. The van der Waals surface area contributed by atoms with Gasteiger partial charge >= 0.3 is 0 Å². The Kier molecular flexibility index (Phi) is 4.51. The van der Waals surface area contributed by atoms with Gasteiger partial charge in [0.1, 0.15) is 11.6 Å². The normalized spacial score (nSPS) is 14.2. The van der Waals surface area contributed by atoms with Gasteiger partial charge in [-0.2, -0.15) is 0 Å². The third kappa shape index (κ3) is 3.13. The summed E-state index contributed by atoms with van der Waals surface area (Å²) in [4.78, 5) is 9.35. The fraction of sp³-hybridized carbons (Fsp3) is 0.300. The predicted octanol–water partition coefficient (Wildman–Crippen LogP) is 4.59. The second-order valence-corrected chi connectivity index (χ2v) is 6.92. The standard InChI is InChI=1S/C20H19ClFN3O/c1-12-9-15(10-13(2)23-12)19-18-5-7-26-8-6-25(18)20(24-19)14-3-4-16(21)17(22)11-14/h3-4,9-11H,5-8H2,1-2H3. The van der Waals surface area contributed by atoms with Crippen molar-refractivity contribution in [2.45, 2.75) is 26.8 Å². The number of rotatable bonds is 2. The topological polar surface area (TPSA) is 39.9 Å². The Labute approximate surface area is 156 Å². The van der Waals surface area contributed by atoms with E-state index in [1.165, 1.54) is 6.07 Å². The molecule has 0 radical (unpaired) electrons. The molecule has 3 heterocycles. The molecule has 6 heteroatoms. The molecule has 1 aromatic carbocycles. The van der Waals surface area contributed by atoms with Crippen LogP contribution in [0.2, 0.25) is 5.02 Å². The van der Waals surface area contributed by atoms with Gasteiger partial charge in [-0.1, -0.05) is 11.6 Å². The third-order valence-corrected chi connectivity index (χ3v) is 4.85. The molecule has 2 aromatic heterocycles. The molecule has 1 aliphatic heterocycles. The van der Waals surface area contributed by atoms with Crippen molar-refractivity contribution in [1.82, 2.24) is 14.5 Å². The lowest BCUT2D eigenvalue weighted by atomic mass is 10.1. The number of imidazole rings is 1. The fourth-order valence-electron chi connectivity index (χ4n) is 3.47. The van der Waals surface area contributed by atoms with Crippen LogP contribution in [0.5, 0.6) is 0 Å². The van der Waals surface area contributed by atoms with Gasteiger partial charge in [-0.15, -0.1) is 0 Å². The minimum absolute atomic E-state index is 0.111. The molecule has 3 aromatic rings. The van der Waals surface area contributed by atoms with Crippen molar-refractivity contribution in [3.8, 4) is 22.6 Å². The van der Waals surface area contributed by atoms with Crippen molar-refractivity contribution in [3.63, 3.8) is 0 Å². The van der Waals surface area contributed by atoms with E-state index in [-0.39, 0.29) is 5.02 Å². The lowest BCUT2D eigenvalue weighted by molar-refractivity contribution is 0.140. The summed E-state index contributed by atoms with van der Waals surface area (Å²) in [6.45, 7) is 5.90. The van der Waals surface area contributed by atoms with Gasteiger partial charge in [-0.3, -0.25) is 4.98 Å². The van der Waals surface area contributed by atoms with Gasteiger partial charge in [0.2, 0.25) is 0 Å². The summed E-state index contributed by atoms with van der Waals surface area (Å²) in [6, 6.07) is 8.89. The number of halogens is 2. The Morgan fingerprint density at radius 2 is 1.81 bits per heavy atom. The zero-order valence-corrected chi connectivity index (χ0v) is 15.5. The molecule has 0 saturated heterocycles. The first-order valence-electron chi connectivity index (χ1n) is 8.61. The van der Waals surface area contributed by atoms with E-state index >= 15 is 0 Å². The smallest absolute Gasteiger partial charge is 0.142 e. The quantitative estimate of drug-likeness (QED) is 0.661. The van der Waals surface area contributed by atoms with Gasteiger partial charge in [0.15, 0.2) is 0 Å². The minimum atomic E-state index is -0.441. The number of hydrogen-bond donors (Lipinski definition) is 0. The second kappa shape index (κ2) is 6.82. The highest BCUT2D eigenvalue weighted by atomic mass is 35.5. The highest BCUT2D eigenvalue weighted by Gasteiger charge is 2.22. The summed E-state index contributed by atoms with van der Waals surface area (Å²) in [5.41, 5.74) is 5.66. The Morgan fingerprint density at radius 3 is 2.54 bits per heavy atom. The van der Waals surface area contributed by atoms with Crippen molar-refractivity contribution >= 4 is 11.6 Å². The Balaban J connectivity index is 1.93. The molecule has 26 heavy (non-hydrogen) atoms. The zero-order chi connectivity index (χ0) is 18.3. The van der Waals surface area contributed by atoms with Crippen LogP contribution in [0.1, 0.15) is 17.1 Å². The lowest BCUT2D eigenvalue weighted by Crippen LogP contribution is -2.06. The van der Waals surface area contributed by atoms with Gasteiger partial charge < -0.3 is 9.30 Å². The highest BCUT2D eigenvalue weighted by molar-refractivity contribution is 6.30. The lowest BCUT2D eigenvalue weighted by Gasteiger charge is -2.09. The van der Waals surface area contributed by atoms with Crippen LogP contribution in [0, 0.1) is 19.7 Å². The summed E-state index contributed by atoms with van der Waals surface area (Å²) in [7, 11) is 0. The molecule has 0 atom stereocenters. The summed E-state index contributed by atoms with van der Waals surface area (Å²) in [6.07, 6.45) is 0.763. The predicted molar refractivity (Wildman–Crippen MR) is 99.9 cm³/mol. The number of pyridine rings is 1. The number of aromatic nitrogens is 3. The van der Waals surface area contributed by atoms with Crippen molar-refractivity contribution in [3.05, 3.63) is 58.3 Å². The molecule has 0 amide bonds. The van der Waals surface area contributed by atoms with E-state index in [0.29, 0.717) is 25.3 Å². The SMILES string of the molecule is Cc1cc(-c2nc(-c3ccc(Cl)c(F)c3)n3c2CCOCC3)cc(C)n1. The van der Waals surface area contributed by atoms with Crippen LogP contribution in [-0.2, 0) is 17.7 Å². The minimum Gasteiger partial charge on any atom is -0.379 e. The molecule has 4 rings (SSSR count). The molecule has 0 fully saturated rings. The maximum atomic E-state index is 14.0. The van der Waals surface area contributed by atoms with E-state index in [0.717, 1.165) is 40.6 Å². The molecule has 0 N–H and O–H groups in total. The Morgan fingerprint density at radius 1 is 1.04 bits per heavy atom. The van der Waals surface area contributed by atoms with Gasteiger partial charge in [-0.05, 0) is 44.2 Å². The summed E-state index contributed by atoms with van der Waals surface area (Å²) >= 11 is 5.84. The highest BCUT2D eigenvalue weighted by Crippen LogP contribution is 2.32. The van der Waals surface area contributed by atoms with Crippen molar-refractivity contribution < 1.29 is 9.13 Å². The van der Waals surface area contributed by atoms with E-state index in [4.69, 9.17) is 21.3 Å². The number of nitrogens with zero attached hydrogens (tertiary/aromatic N) is 3. The first-order chi connectivity index (χ1) is 12.5. The molecule has 0 saturated carbocycles. The number of benzene rings is 1. The van der Waals surface area contributed by atoms with E-state index in [1.807, 2.05) is 26.0 Å². The van der Waals surface area contributed by atoms with Crippen molar-refractivity contribution in [2.75, 3.05) is 13.2 Å². The maximum absolute atomic E-state index is 14.0. The molecular weight excluding hydrogens is 353 g/mol. The Hall–Kier alpha value is -2.24. The van der Waals surface area contributed by atoms with Crippen LogP contribution >= 0.6 is 11.6 Å². The average Bonchev–Trinajstić information content (AvgIpc) is 2.78. The van der Waals surface area contributed by atoms with E-state index in [9.17, 15) is 4.39 Å². The van der Waals surface area contributed by atoms with E-state index in [2.05, 4.69) is 9.55 Å². The Bertz CT molecular complexity index is 963. The first-order valence-corrected chi connectivity index (χ1v) is 8.99. The molecular formula is C20H19ClFN3O. The summed E-state index contributed by atoms with van der Waals surface area (Å²) in [5.74, 6) is 0.298. The fourth-order valence-corrected chi connectivity index (χ4v) is 3.58. The van der Waals surface area contributed by atoms with Crippen LogP contribution in [0.4, 0.5) is 4.39 Å². The van der Waals surface area contributed by atoms with E-state index < -0.39 is 5.82 Å². The van der Waals surface area contributed by atoms with Crippen LogP contribution in [-0.4, -0.2) is 27.7 Å². The largest absolute Gasteiger partial charge is 0.379 e. The van der Waals surface area contributed by atoms with Gasteiger partial charge in [-0.25, -0.2) is 9.37 Å². The number of hydrogen-bond acceptors (Lipinski definition) is 3. The number of ether oxygens (including phenoxy) is 1. The molecule has 0 bridgehead atoms. The molecule has 0 unspecified atom stereocenters. The first kappa shape index (κ1) is 17.2. The second-order valence-electron chi connectivity index (χ2n) is 6.51. The molecule has 134 valence electrons. The summed E-state index contributed by atoms with van der Waals surface area (Å²) in [5, 5.41) is 0.111. The third-order valence-electron chi connectivity index (χ3n) is 4.55. The van der Waals surface area contributed by atoms with Crippen LogP contribution in [0.15, 0.2) is 30.3 Å². The van der Waals surface area contributed by atoms with Gasteiger partial charge in [0.25, 0.3) is 0 Å². The summed E-state index contributed by atoms with van der Waals surface area (Å²) < 4.78 is 21.8. The van der Waals surface area contributed by atoms with Crippen LogP contribution < -0.4 is 0 Å². The van der Waals surface area contributed by atoms with Crippen molar-refractivity contribution in [1.29, 1.82) is 0 Å². The number of aryl methyl sites for hydroxylation is 2. The monoisotopic (exact) mass is 371 g/mol. The van der Waals surface area contributed by atoms with E-state index in [1.54, 1.807) is 12.1 Å². The van der Waals surface area contributed by atoms with Gasteiger partial charge in [0.05, 0.1) is 23.9 Å². The molecule has 0 spiro atoms. The van der Waals surface area contributed by atoms with Gasteiger partial charge in [0, 0.05) is 41.2 Å². The maximum Gasteiger partial charge on any atom is 0.142 e. The number of fused-ring (bicyclic) bond motifs is 1. The molecule has 0 aliphatic carbocycles. The van der Waals surface area contributed by atoms with Crippen LogP contribution in [0.25, 0.3) is 22.6 Å². The van der Waals surface area contributed by atoms with Crippen LogP contribution in [0.3, 0.4) is 0 Å². The van der Waals surface area contributed by atoms with Crippen molar-refractivity contribution in [2.24, 2.45) is 0 Å². The average molecular weight is 372 g/mol. The molecule has 1 aliphatic rings. The molecule has 4 nitrogen and oxygen atoms in total.